The van der Waals surface area contributed by atoms with Crippen LogP contribution in [0.3, 0.4) is 0 Å². The van der Waals surface area contributed by atoms with Crippen molar-refractivity contribution in [3.8, 4) is 0 Å². The van der Waals surface area contributed by atoms with Crippen molar-refractivity contribution >= 4 is 10.4 Å². The molecule has 1 aliphatic carbocycles. The molecule has 4 aliphatic rings. The molecule has 14 unspecified atom stereocenters. The van der Waals surface area contributed by atoms with Gasteiger partial charge in [0, 0.05) is 25.2 Å². The molecule has 1 saturated carbocycles. The topological polar surface area (TPSA) is 428 Å². The summed E-state index contributed by atoms with van der Waals surface area (Å²) in [7, 11) is -4.67. The van der Waals surface area contributed by atoms with E-state index >= 15 is 0 Å². The van der Waals surface area contributed by atoms with Gasteiger partial charge in [-0.05, 0) is 6.42 Å². The third kappa shape index (κ3) is 9.67. The first-order valence-corrected chi connectivity index (χ1v) is 16.0. The molecule has 0 spiro atoms. The molecule has 0 aromatic rings. The molecule has 19 atom stereocenters. The van der Waals surface area contributed by atoms with Crippen LogP contribution in [0.2, 0.25) is 0 Å². The molecule has 47 heavy (non-hydrogen) atoms. The standard InChI is InChI=1S/C23H46N6O13.H2O4S/c24-2-7-13(32)15(34)10(28)21(37-7)40-18-6(27)1-5(26)12(31)20(18)42-23-17(36)19(9(4-30)39-23)41-22-11(29)16(35)14(33)8(3-25)38-22;1-5(2,3)4/h5-23,30-36H,1-4,24-29H2;(H2,1,2,3,4)/t5?,6?,7?,8?,9-,10?,11?,12-,13?,14?,15?,16?,17?,18?,19-,20+,21?,22+,23?;/m1./s1. The van der Waals surface area contributed by atoms with Crippen LogP contribution >= 0.6 is 0 Å². The summed E-state index contributed by atoms with van der Waals surface area (Å²) in [6.45, 7) is -0.967. The molecule has 4 rings (SSSR count). The number of hydrogen-bond acceptors (Lipinski definition) is 21. The van der Waals surface area contributed by atoms with Crippen LogP contribution in [0.25, 0.3) is 0 Å². The lowest BCUT2D eigenvalue weighted by atomic mass is 9.84. The summed E-state index contributed by atoms with van der Waals surface area (Å²) in [6, 6.07) is -4.18. The van der Waals surface area contributed by atoms with Crippen LogP contribution < -0.4 is 34.4 Å². The van der Waals surface area contributed by atoms with E-state index in [1.54, 1.807) is 0 Å². The van der Waals surface area contributed by atoms with Gasteiger partial charge in [-0.25, -0.2) is 0 Å². The molecule has 21 N–H and O–H groups in total. The number of nitrogens with two attached hydrogens (primary N) is 6. The van der Waals surface area contributed by atoms with Gasteiger partial charge in [0.25, 0.3) is 0 Å². The fraction of sp³-hybridized carbons (Fsp3) is 1.00. The molecule has 4 fully saturated rings. The molecule has 0 radical (unpaired) electrons. The molecule has 24 heteroatoms. The van der Waals surface area contributed by atoms with Gasteiger partial charge >= 0.3 is 10.4 Å². The average molecular weight is 713 g/mol. The van der Waals surface area contributed by atoms with Gasteiger partial charge < -0.3 is 98.6 Å². The van der Waals surface area contributed by atoms with Crippen molar-refractivity contribution in [1.29, 1.82) is 0 Å². The van der Waals surface area contributed by atoms with Gasteiger partial charge in [0.15, 0.2) is 18.9 Å². The second-order valence-corrected chi connectivity index (χ2v) is 12.6. The van der Waals surface area contributed by atoms with Gasteiger partial charge in [0.1, 0.15) is 67.1 Å². The van der Waals surface area contributed by atoms with E-state index in [-0.39, 0.29) is 19.5 Å². The van der Waals surface area contributed by atoms with Crippen molar-refractivity contribution in [2.45, 2.75) is 123 Å². The monoisotopic (exact) mass is 712 g/mol. The summed E-state index contributed by atoms with van der Waals surface area (Å²) >= 11 is 0. The van der Waals surface area contributed by atoms with Crippen LogP contribution in [0, 0.1) is 0 Å². The van der Waals surface area contributed by atoms with Crippen molar-refractivity contribution in [3.63, 3.8) is 0 Å². The maximum absolute atomic E-state index is 11.1. The molecule has 0 aromatic heterocycles. The van der Waals surface area contributed by atoms with Crippen LogP contribution in [0.5, 0.6) is 0 Å². The highest BCUT2D eigenvalue weighted by atomic mass is 32.3. The SMILES string of the molecule is NCC1OC(OC2C(N)CC(N)[C@@H](O)[C@@H]2OC2O[C@H](CO)[C@@H](O[C@@H]3OC(CN)C(O)C(O)C3N)C2O)C(N)C(O)C1O.O=S(=O)(O)O. The van der Waals surface area contributed by atoms with E-state index in [0.717, 1.165) is 0 Å². The highest BCUT2D eigenvalue weighted by Crippen LogP contribution is 2.34. The summed E-state index contributed by atoms with van der Waals surface area (Å²) in [4.78, 5) is 0. The Morgan fingerprint density at radius 1 is 0.574 bits per heavy atom. The quantitative estimate of drug-likeness (QED) is 0.0986. The Morgan fingerprint density at radius 3 is 1.40 bits per heavy atom. The zero-order chi connectivity index (χ0) is 35.5. The first kappa shape index (κ1) is 40.5. The predicted molar refractivity (Wildman–Crippen MR) is 153 cm³/mol. The minimum absolute atomic E-state index is 0.0889. The first-order valence-electron chi connectivity index (χ1n) is 14.6. The second-order valence-electron chi connectivity index (χ2n) is 11.7. The van der Waals surface area contributed by atoms with Crippen molar-refractivity contribution in [2.75, 3.05) is 19.7 Å². The lowest BCUT2D eigenvalue weighted by Crippen LogP contribution is -2.68. The number of ether oxygens (including phenoxy) is 6. The molecule has 3 heterocycles. The van der Waals surface area contributed by atoms with Gasteiger partial charge in [0.2, 0.25) is 0 Å². The van der Waals surface area contributed by atoms with Gasteiger partial charge in [-0.2, -0.15) is 8.42 Å². The van der Waals surface area contributed by atoms with Crippen molar-refractivity contribution in [3.05, 3.63) is 0 Å². The third-order valence-electron chi connectivity index (χ3n) is 8.37. The van der Waals surface area contributed by atoms with Crippen LogP contribution in [0.15, 0.2) is 0 Å². The Bertz CT molecular complexity index is 1080. The van der Waals surface area contributed by atoms with E-state index in [4.69, 9.17) is 80.3 Å². The fourth-order valence-electron chi connectivity index (χ4n) is 5.74. The molecule has 3 aliphatic heterocycles. The fourth-order valence-corrected chi connectivity index (χ4v) is 5.74. The van der Waals surface area contributed by atoms with E-state index in [0.29, 0.717) is 0 Å². The Hall–Kier alpha value is -0.890. The Kier molecular flexibility index (Phi) is 14.6. The van der Waals surface area contributed by atoms with Crippen molar-refractivity contribution in [2.24, 2.45) is 34.4 Å². The maximum atomic E-state index is 11.1. The van der Waals surface area contributed by atoms with Crippen LogP contribution in [0.1, 0.15) is 6.42 Å². The smallest absolute Gasteiger partial charge is 0.394 e. The molecular formula is C23H48N6O17S. The molecule has 23 nitrogen and oxygen atoms in total. The summed E-state index contributed by atoms with van der Waals surface area (Å²) in [5, 5.41) is 73.0. The largest absolute Gasteiger partial charge is 0.394 e. The lowest BCUT2D eigenvalue weighted by Gasteiger charge is -2.47. The maximum Gasteiger partial charge on any atom is 0.394 e. The zero-order valence-corrected chi connectivity index (χ0v) is 25.8. The van der Waals surface area contributed by atoms with E-state index in [1.807, 2.05) is 0 Å². The van der Waals surface area contributed by atoms with E-state index in [2.05, 4.69) is 0 Å². The molecule has 278 valence electrons. The Morgan fingerprint density at radius 2 is 0.979 bits per heavy atom. The molecule has 0 aromatic carbocycles. The van der Waals surface area contributed by atoms with Crippen LogP contribution in [-0.4, -0.2) is 189 Å². The van der Waals surface area contributed by atoms with Crippen LogP contribution in [0.4, 0.5) is 0 Å². The normalized spacial score (nSPS) is 49.3. The Labute approximate surface area is 269 Å². The third-order valence-corrected chi connectivity index (χ3v) is 8.37. The molecule has 3 saturated heterocycles. The van der Waals surface area contributed by atoms with E-state index in [1.165, 1.54) is 0 Å². The number of hydrogen-bond donors (Lipinski definition) is 15. The lowest BCUT2D eigenvalue weighted by molar-refractivity contribution is -0.306. The minimum Gasteiger partial charge on any atom is -0.394 e. The van der Waals surface area contributed by atoms with E-state index < -0.39 is 133 Å². The highest BCUT2D eigenvalue weighted by Gasteiger charge is 2.54. The zero-order valence-electron chi connectivity index (χ0n) is 25.0. The summed E-state index contributed by atoms with van der Waals surface area (Å²) in [6.07, 6.45) is -19.8. The van der Waals surface area contributed by atoms with Crippen LogP contribution in [-0.2, 0) is 38.8 Å². The first-order chi connectivity index (χ1) is 21.8. The summed E-state index contributed by atoms with van der Waals surface area (Å²) in [5.41, 5.74) is 35.6. The second kappa shape index (κ2) is 16.9. The molecule has 0 amide bonds. The van der Waals surface area contributed by atoms with Gasteiger partial charge in [-0.15, -0.1) is 0 Å². The Balaban J connectivity index is 0.00000111. The number of aliphatic hydroxyl groups excluding tert-OH is 7. The highest BCUT2D eigenvalue weighted by molar-refractivity contribution is 7.79. The van der Waals surface area contributed by atoms with Gasteiger partial charge in [-0.3, -0.25) is 9.11 Å². The number of aliphatic hydroxyl groups is 7. The summed E-state index contributed by atoms with van der Waals surface area (Å²) < 4.78 is 66.2. The van der Waals surface area contributed by atoms with Crippen molar-refractivity contribution < 1.29 is 81.7 Å². The van der Waals surface area contributed by atoms with Gasteiger partial charge in [0.05, 0.1) is 24.8 Å². The number of rotatable bonds is 9. The summed E-state index contributed by atoms with van der Waals surface area (Å²) in [5.74, 6) is 0. The molecular weight excluding hydrogens is 664 g/mol. The van der Waals surface area contributed by atoms with E-state index in [9.17, 15) is 35.7 Å². The average Bonchev–Trinajstić information content (AvgIpc) is 3.30. The van der Waals surface area contributed by atoms with Crippen molar-refractivity contribution in [1.82, 2.24) is 0 Å². The molecule has 0 bridgehead atoms. The minimum atomic E-state index is -4.67. The predicted octanol–water partition coefficient (Wildman–Crippen LogP) is -9.55. The van der Waals surface area contributed by atoms with Gasteiger partial charge in [-0.1, -0.05) is 0 Å².